The molecule has 0 saturated carbocycles. The molecule has 0 saturated heterocycles. The molecule has 0 aliphatic heterocycles. The molecule has 0 heterocycles. The molecule has 0 amide bonds. The van der Waals surface area contributed by atoms with Crippen LogP contribution < -0.4 is 0 Å². The van der Waals surface area contributed by atoms with Gasteiger partial charge in [-0.15, -0.1) is 0 Å². The zero-order valence-electron chi connectivity index (χ0n) is 13.8. The highest BCUT2D eigenvalue weighted by Crippen LogP contribution is 2.14. The summed E-state index contributed by atoms with van der Waals surface area (Å²) in [4.78, 5) is 14.9. The molecule has 1 aromatic rings. The Morgan fingerprint density at radius 2 is 1.40 bits per heavy atom. The van der Waals surface area contributed by atoms with Crippen molar-refractivity contribution in [1.29, 1.82) is 0 Å². The number of Topliss-reactive ketones (excluding diaryl/α,β-unsaturated/α-hetero) is 1. The Kier molecular flexibility index (Phi) is 6.41. The highest BCUT2D eigenvalue weighted by molar-refractivity contribution is 5.99. The van der Waals surface area contributed by atoms with Crippen molar-refractivity contribution in [3.63, 3.8) is 0 Å². The smallest absolute Gasteiger partial charge is 0.179 e. The van der Waals surface area contributed by atoms with Crippen LogP contribution in [0.4, 0.5) is 0 Å². The lowest BCUT2D eigenvalue weighted by Crippen LogP contribution is -2.43. The fourth-order valence-electron chi connectivity index (χ4n) is 2.45. The maximum Gasteiger partial charge on any atom is 0.179 e. The van der Waals surface area contributed by atoms with E-state index in [0.717, 1.165) is 18.7 Å². The molecule has 0 radical (unpaired) electrons. The number of benzene rings is 1. The molecular formula is C18H29NO. The molecule has 0 aliphatic carbocycles. The van der Waals surface area contributed by atoms with Gasteiger partial charge in [0.1, 0.15) is 0 Å². The van der Waals surface area contributed by atoms with E-state index in [1.165, 1.54) is 5.56 Å². The number of ketones is 1. The predicted molar refractivity (Wildman–Crippen MR) is 86.2 cm³/mol. The standard InChI is InChI=1S/C18H29NO/c1-13(2)11-19(12-14(3)4)16(6)18(20)17-9-7-15(5)8-10-17/h7-10,13-14,16H,11-12H2,1-6H3. The second kappa shape index (κ2) is 7.58. The van der Waals surface area contributed by atoms with Crippen LogP contribution in [-0.4, -0.2) is 29.8 Å². The van der Waals surface area contributed by atoms with Gasteiger partial charge in [0, 0.05) is 18.7 Å². The van der Waals surface area contributed by atoms with Gasteiger partial charge in [-0.3, -0.25) is 9.69 Å². The molecule has 2 nitrogen and oxygen atoms in total. The first-order chi connectivity index (χ1) is 9.31. The Morgan fingerprint density at radius 3 is 1.80 bits per heavy atom. The summed E-state index contributed by atoms with van der Waals surface area (Å²) in [6.45, 7) is 14.8. The monoisotopic (exact) mass is 275 g/mol. The summed E-state index contributed by atoms with van der Waals surface area (Å²) < 4.78 is 0. The van der Waals surface area contributed by atoms with Gasteiger partial charge in [-0.1, -0.05) is 57.5 Å². The van der Waals surface area contributed by atoms with Gasteiger partial charge < -0.3 is 0 Å². The molecule has 1 rings (SSSR count). The van der Waals surface area contributed by atoms with E-state index in [1.807, 2.05) is 38.1 Å². The van der Waals surface area contributed by atoms with Gasteiger partial charge in [0.25, 0.3) is 0 Å². The summed E-state index contributed by atoms with van der Waals surface area (Å²) in [6.07, 6.45) is 0. The summed E-state index contributed by atoms with van der Waals surface area (Å²) in [5, 5.41) is 0. The summed E-state index contributed by atoms with van der Waals surface area (Å²) in [5.41, 5.74) is 2.01. The molecule has 0 N–H and O–H groups in total. The van der Waals surface area contributed by atoms with E-state index in [4.69, 9.17) is 0 Å². The van der Waals surface area contributed by atoms with Crippen molar-refractivity contribution < 1.29 is 4.79 Å². The third-order valence-electron chi connectivity index (χ3n) is 3.46. The minimum Gasteiger partial charge on any atom is -0.293 e. The predicted octanol–water partition coefficient (Wildman–Crippen LogP) is 4.18. The van der Waals surface area contributed by atoms with E-state index >= 15 is 0 Å². The van der Waals surface area contributed by atoms with Crippen LogP contribution in [0.5, 0.6) is 0 Å². The third-order valence-corrected chi connectivity index (χ3v) is 3.46. The van der Waals surface area contributed by atoms with Crippen molar-refractivity contribution >= 4 is 5.78 Å². The molecule has 0 bridgehead atoms. The first kappa shape index (κ1) is 16.9. The summed E-state index contributed by atoms with van der Waals surface area (Å²) in [6, 6.07) is 7.85. The highest BCUT2D eigenvalue weighted by Gasteiger charge is 2.23. The van der Waals surface area contributed by atoms with Crippen LogP contribution in [0.2, 0.25) is 0 Å². The minimum atomic E-state index is -0.0532. The molecular weight excluding hydrogens is 246 g/mol. The summed E-state index contributed by atoms with van der Waals surface area (Å²) in [5.74, 6) is 1.37. The lowest BCUT2D eigenvalue weighted by molar-refractivity contribution is 0.0801. The van der Waals surface area contributed by atoms with Gasteiger partial charge in [0.2, 0.25) is 0 Å². The molecule has 20 heavy (non-hydrogen) atoms. The fraction of sp³-hybridized carbons (Fsp3) is 0.611. The SMILES string of the molecule is Cc1ccc(C(=O)C(C)N(CC(C)C)CC(C)C)cc1. The first-order valence-corrected chi connectivity index (χ1v) is 7.66. The van der Waals surface area contributed by atoms with Crippen LogP contribution in [-0.2, 0) is 0 Å². The molecule has 1 unspecified atom stereocenters. The van der Waals surface area contributed by atoms with E-state index in [-0.39, 0.29) is 11.8 Å². The maximum absolute atomic E-state index is 12.6. The number of nitrogens with zero attached hydrogens (tertiary/aromatic N) is 1. The molecule has 2 heteroatoms. The Hall–Kier alpha value is -1.15. The summed E-state index contributed by atoms with van der Waals surface area (Å²) >= 11 is 0. The van der Waals surface area contributed by atoms with Crippen molar-refractivity contribution in [1.82, 2.24) is 4.90 Å². The van der Waals surface area contributed by atoms with Gasteiger partial charge >= 0.3 is 0 Å². The van der Waals surface area contributed by atoms with Gasteiger partial charge in [0.05, 0.1) is 6.04 Å². The van der Waals surface area contributed by atoms with Crippen LogP contribution in [0.1, 0.15) is 50.5 Å². The van der Waals surface area contributed by atoms with Crippen molar-refractivity contribution in [2.45, 2.75) is 47.6 Å². The summed E-state index contributed by atoms with van der Waals surface area (Å²) in [7, 11) is 0. The number of aryl methyl sites for hydroxylation is 1. The number of carbonyl (C=O) groups excluding carboxylic acids is 1. The number of hydrogen-bond acceptors (Lipinski definition) is 2. The van der Waals surface area contributed by atoms with Crippen molar-refractivity contribution in [2.24, 2.45) is 11.8 Å². The first-order valence-electron chi connectivity index (χ1n) is 7.66. The maximum atomic E-state index is 12.6. The highest BCUT2D eigenvalue weighted by atomic mass is 16.1. The van der Waals surface area contributed by atoms with Gasteiger partial charge in [0.15, 0.2) is 5.78 Å². The van der Waals surface area contributed by atoms with Crippen molar-refractivity contribution in [2.75, 3.05) is 13.1 Å². The van der Waals surface area contributed by atoms with Crippen molar-refractivity contribution in [3.05, 3.63) is 35.4 Å². The van der Waals surface area contributed by atoms with Crippen LogP contribution in [0.15, 0.2) is 24.3 Å². The average Bonchev–Trinajstić information content (AvgIpc) is 2.36. The Labute approximate surface area is 124 Å². The van der Waals surface area contributed by atoms with E-state index in [2.05, 4.69) is 32.6 Å². The van der Waals surface area contributed by atoms with Crippen LogP contribution in [0.3, 0.4) is 0 Å². The number of rotatable bonds is 7. The van der Waals surface area contributed by atoms with Crippen molar-refractivity contribution in [3.8, 4) is 0 Å². The van der Waals surface area contributed by atoms with Gasteiger partial charge in [-0.2, -0.15) is 0 Å². The quantitative estimate of drug-likeness (QED) is 0.696. The zero-order chi connectivity index (χ0) is 15.3. The molecule has 0 spiro atoms. The minimum absolute atomic E-state index is 0.0532. The molecule has 0 fully saturated rings. The fourth-order valence-corrected chi connectivity index (χ4v) is 2.45. The van der Waals surface area contributed by atoms with Crippen LogP contribution in [0, 0.1) is 18.8 Å². The van der Waals surface area contributed by atoms with Crippen LogP contribution >= 0.6 is 0 Å². The molecule has 0 aliphatic rings. The van der Waals surface area contributed by atoms with Gasteiger partial charge in [-0.25, -0.2) is 0 Å². The molecule has 112 valence electrons. The molecule has 1 atom stereocenters. The molecule has 1 aromatic carbocycles. The Bertz CT molecular complexity index is 410. The van der Waals surface area contributed by atoms with E-state index < -0.39 is 0 Å². The topological polar surface area (TPSA) is 20.3 Å². The Morgan fingerprint density at radius 1 is 0.950 bits per heavy atom. The lowest BCUT2D eigenvalue weighted by Gasteiger charge is -2.31. The Balaban J connectivity index is 2.84. The second-order valence-electron chi connectivity index (χ2n) is 6.65. The van der Waals surface area contributed by atoms with E-state index in [1.54, 1.807) is 0 Å². The zero-order valence-corrected chi connectivity index (χ0v) is 13.8. The average molecular weight is 275 g/mol. The lowest BCUT2D eigenvalue weighted by atomic mass is 10.0. The number of hydrogen-bond donors (Lipinski definition) is 0. The van der Waals surface area contributed by atoms with Gasteiger partial charge in [-0.05, 0) is 25.7 Å². The number of carbonyl (C=O) groups is 1. The van der Waals surface area contributed by atoms with Crippen LogP contribution in [0.25, 0.3) is 0 Å². The van der Waals surface area contributed by atoms with E-state index in [0.29, 0.717) is 11.8 Å². The molecule has 0 aromatic heterocycles. The van der Waals surface area contributed by atoms with E-state index in [9.17, 15) is 4.79 Å². The normalized spacial score (nSPS) is 13.2. The third kappa shape index (κ3) is 5.09. The second-order valence-corrected chi connectivity index (χ2v) is 6.65. The largest absolute Gasteiger partial charge is 0.293 e.